The van der Waals surface area contributed by atoms with Crippen LogP contribution in [0.15, 0.2) is 34.9 Å². The third-order valence-electron chi connectivity index (χ3n) is 8.50. The molecule has 0 spiro atoms. The summed E-state index contributed by atoms with van der Waals surface area (Å²) in [5.74, 6) is 0.464. The van der Waals surface area contributed by atoms with Crippen LogP contribution < -0.4 is 0 Å². The molecule has 1 aliphatic heterocycles. The average Bonchev–Trinajstić information content (AvgIpc) is 2.75. The number of hydrogen-bond donors (Lipinski definition) is 1. The molecule has 1 aliphatic carbocycles. The molecule has 4 atom stereocenters. The molecule has 0 saturated carbocycles. The molecule has 0 amide bonds. The van der Waals surface area contributed by atoms with Crippen LogP contribution in [0.5, 0.6) is 0 Å². The molecule has 1 fully saturated rings. The van der Waals surface area contributed by atoms with Gasteiger partial charge in [-0.15, -0.1) is 0 Å². The van der Waals surface area contributed by atoms with Gasteiger partial charge in [-0.25, -0.2) is 0 Å². The number of rotatable bonds is 14. The molecule has 1 heterocycles. The Hall–Kier alpha value is -0.860. The molecule has 1 saturated heterocycles. The molecule has 1 N–H and O–H groups in total. The molecule has 190 valence electrons. The number of fused-ring (bicyclic) bond motifs is 1. The van der Waals surface area contributed by atoms with Crippen LogP contribution in [-0.4, -0.2) is 21.9 Å². The number of hydrogen-bond acceptors (Lipinski definition) is 2. The van der Waals surface area contributed by atoms with Gasteiger partial charge in [0.05, 0.1) is 16.8 Å². The third kappa shape index (κ3) is 8.10. The predicted octanol–water partition coefficient (Wildman–Crippen LogP) is 9.24. The van der Waals surface area contributed by atoms with Gasteiger partial charge >= 0.3 is 0 Å². The highest BCUT2D eigenvalue weighted by atomic mass is 16.5. The second-order valence-corrected chi connectivity index (χ2v) is 11.8. The van der Waals surface area contributed by atoms with E-state index < -0.39 is 5.60 Å². The summed E-state index contributed by atoms with van der Waals surface area (Å²) in [5.41, 5.74) is 3.82. The van der Waals surface area contributed by atoms with E-state index in [2.05, 4.69) is 59.8 Å². The van der Waals surface area contributed by atoms with Crippen LogP contribution >= 0.6 is 0 Å². The maximum Gasteiger partial charge on any atom is 0.0964 e. The van der Waals surface area contributed by atoms with Crippen molar-refractivity contribution in [1.29, 1.82) is 0 Å². The fourth-order valence-electron chi connectivity index (χ4n) is 5.90. The van der Waals surface area contributed by atoms with E-state index >= 15 is 0 Å². The Balaban J connectivity index is 1.89. The van der Waals surface area contributed by atoms with Crippen LogP contribution in [0.25, 0.3) is 0 Å². The van der Waals surface area contributed by atoms with Gasteiger partial charge in [0.15, 0.2) is 0 Å². The van der Waals surface area contributed by atoms with Crippen LogP contribution in [0.2, 0.25) is 0 Å². The van der Waals surface area contributed by atoms with Gasteiger partial charge < -0.3 is 9.84 Å². The summed E-state index contributed by atoms with van der Waals surface area (Å²) in [5, 5.41) is 10.6. The Kier molecular flexibility index (Phi) is 10.9. The fraction of sp³-hybridized carbons (Fsp3) is 0.806. The Bertz CT molecular complexity index is 698. The lowest BCUT2D eigenvalue weighted by atomic mass is 9.67. The summed E-state index contributed by atoms with van der Waals surface area (Å²) in [6, 6.07) is 0. The van der Waals surface area contributed by atoms with Crippen molar-refractivity contribution >= 4 is 0 Å². The monoisotopic (exact) mass is 458 g/mol. The van der Waals surface area contributed by atoms with E-state index in [1.54, 1.807) is 0 Å². The highest BCUT2D eigenvalue weighted by Gasteiger charge is 2.49. The summed E-state index contributed by atoms with van der Waals surface area (Å²) >= 11 is 0. The molecular formula is C31H54O2. The fourth-order valence-corrected chi connectivity index (χ4v) is 5.90. The summed E-state index contributed by atoms with van der Waals surface area (Å²) in [6.07, 6.45) is 22.8. The van der Waals surface area contributed by atoms with E-state index in [0.29, 0.717) is 5.92 Å². The first-order chi connectivity index (χ1) is 15.6. The maximum absolute atomic E-state index is 10.6. The van der Waals surface area contributed by atoms with E-state index in [0.717, 1.165) is 57.8 Å². The Morgan fingerprint density at radius 3 is 2.52 bits per heavy atom. The molecule has 0 radical (unpaired) electrons. The van der Waals surface area contributed by atoms with Crippen LogP contribution in [0.1, 0.15) is 138 Å². The normalized spacial score (nSPS) is 29.8. The van der Waals surface area contributed by atoms with Crippen molar-refractivity contribution in [2.24, 2.45) is 5.92 Å². The van der Waals surface area contributed by atoms with E-state index in [1.807, 2.05) is 6.92 Å². The van der Waals surface area contributed by atoms with Gasteiger partial charge in [-0.05, 0) is 91.1 Å². The summed E-state index contributed by atoms with van der Waals surface area (Å²) < 4.78 is 7.13. The van der Waals surface area contributed by atoms with Crippen molar-refractivity contribution in [1.82, 2.24) is 0 Å². The average molecular weight is 459 g/mol. The molecule has 33 heavy (non-hydrogen) atoms. The SMILES string of the molecule is CCCCCC(C)(O)CCCC(C)=CCCC1(C)CCC2=CC=C(C)C(C)C2(CCCC)O1. The molecule has 2 aliphatic rings. The van der Waals surface area contributed by atoms with E-state index in [1.165, 1.54) is 48.8 Å². The molecule has 2 heteroatoms. The quantitative estimate of drug-likeness (QED) is 0.207. The highest BCUT2D eigenvalue weighted by molar-refractivity contribution is 5.36. The van der Waals surface area contributed by atoms with Gasteiger partial charge in [0, 0.05) is 5.92 Å². The minimum atomic E-state index is -0.500. The Morgan fingerprint density at radius 2 is 1.82 bits per heavy atom. The van der Waals surface area contributed by atoms with E-state index in [4.69, 9.17) is 4.74 Å². The lowest BCUT2D eigenvalue weighted by Crippen LogP contribution is -2.53. The molecule has 0 aromatic rings. The van der Waals surface area contributed by atoms with Crippen molar-refractivity contribution in [2.45, 2.75) is 155 Å². The highest BCUT2D eigenvalue weighted by Crippen LogP contribution is 2.51. The van der Waals surface area contributed by atoms with Crippen molar-refractivity contribution < 1.29 is 9.84 Å². The number of aliphatic hydroxyl groups is 1. The maximum atomic E-state index is 10.6. The molecule has 0 aromatic heterocycles. The summed E-state index contributed by atoms with van der Waals surface area (Å²) in [6.45, 7) is 15.8. The zero-order valence-electron chi connectivity index (χ0n) is 23.1. The summed E-state index contributed by atoms with van der Waals surface area (Å²) in [4.78, 5) is 0. The molecule has 0 aromatic carbocycles. The molecule has 2 nitrogen and oxygen atoms in total. The van der Waals surface area contributed by atoms with E-state index in [-0.39, 0.29) is 11.2 Å². The van der Waals surface area contributed by atoms with Crippen molar-refractivity contribution in [2.75, 3.05) is 0 Å². The van der Waals surface area contributed by atoms with Gasteiger partial charge in [-0.2, -0.15) is 0 Å². The van der Waals surface area contributed by atoms with Gasteiger partial charge in [0.25, 0.3) is 0 Å². The Morgan fingerprint density at radius 1 is 1.12 bits per heavy atom. The summed E-state index contributed by atoms with van der Waals surface area (Å²) in [7, 11) is 0. The van der Waals surface area contributed by atoms with Crippen LogP contribution in [0.4, 0.5) is 0 Å². The lowest BCUT2D eigenvalue weighted by molar-refractivity contribution is -0.177. The molecule has 4 unspecified atom stereocenters. The predicted molar refractivity (Wildman–Crippen MR) is 144 cm³/mol. The van der Waals surface area contributed by atoms with Gasteiger partial charge in [0.2, 0.25) is 0 Å². The first-order valence-electron chi connectivity index (χ1n) is 14.0. The van der Waals surface area contributed by atoms with Crippen molar-refractivity contribution in [3.63, 3.8) is 0 Å². The van der Waals surface area contributed by atoms with Gasteiger partial charge in [-0.1, -0.05) is 82.2 Å². The zero-order valence-corrected chi connectivity index (χ0v) is 23.1. The van der Waals surface area contributed by atoms with Crippen LogP contribution in [0.3, 0.4) is 0 Å². The molecular weight excluding hydrogens is 404 g/mol. The smallest absolute Gasteiger partial charge is 0.0964 e. The van der Waals surface area contributed by atoms with Crippen molar-refractivity contribution in [3.05, 3.63) is 34.9 Å². The minimum Gasteiger partial charge on any atom is -0.390 e. The number of allylic oxidation sites excluding steroid dienone is 4. The second-order valence-electron chi connectivity index (χ2n) is 11.8. The lowest BCUT2D eigenvalue weighted by Gasteiger charge is -2.53. The third-order valence-corrected chi connectivity index (χ3v) is 8.50. The largest absolute Gasteiger partial charge is 0.390 e. The van der Waals surface area contributed by atoms with Crippen LogP contribution in [-0.2, 0) is 4.74 Å². The second kappa shape index (κ2) is 12.7. The molecule has 0 bridgehead atoms. The zero-order chi connectivity index (χ0) is 24.5. The number of unbranched alkanes of at least 4 members (excludes halogenated alkanes) is 3. The van der Waals surface area contributed by atoms with E-state index in [9.17, 15) is 5.11 Å². The van der Waals surface area contributed by atoms with Crippen molar-refractivity contribution in [3.8, 4) is 0 Å². The Labute approximate surface area is 206 Å². The first-order valence-corrected chi connectivity index (χ1v) is 14.0. The number of ether oxygens (including phenoxy) is 1. The van der Waals surface area contributed by atoms with Crippen LogP contribution in [0, 0.1) is 5.92 Å². The molecule has 2 rings (SSSR count). The topological polar surface area (TPSA) is 29.5 Å². The minimum absolute atomic E-state index is 0.0450. The van der Waals surface area contributed by atoms with Gasteiger partial charge in [-0.3, -0.25) is 0 Å². The standard InChI is InChI=1S/C31H54O2/c1-8-10-12-20-29(6,32)21-13-15-25(3)16-14-22-30(7)24-19-28-18-17-26(4)27(5)31(28,33-30)23-11-9-2/h16-18,27,32H,8-15,19-24H2,1-7H3. The van der Waals surface area contributed by atoms with Gasteiger partial charge in [0.1, 0.15) is 0 Å². The first kappa shape index (κ1) is 28.4.